The van der Waals surface area contributed by atoms with E-state index in [0.29, 0.717) is 6.61 Å². The summed E-state index contributed by atoms with van der Waals surface area (Å²) in [6.07, 6.45) is -4.06. The third kappa shape index (κ3) is 5.38. The summed E-state index contributed by atoms with van der Waals surface area (Å²) in [6.45, 7) is 0.225. The number of benzene rings is 1. The molecule has 1 N–H and O–H groups in total. The lowest BCUT2D eigenvalue weighted by atomic mass is 9.98. The molecule has 1 aromatic carbocycles. The van der Waals surface area contributed by atoms with Gasteiger partial charge in [-0.25, -0.2) is 0 Å². The van der Waals surface area contributed by atoms with Gasteiger partial charge < -0.3 is 28.8 Å². The van der Waals surface area contributed by atoms with Gasteiger partial charge in [0, 0.05) is 19.1 Å². The molecule has 1 aliphatic heterocycles. The van der Waals surface area contributed by atoms with E-state index in [4.69, 9.17) is 29.2 Å². The maximum absolute atomic E-state index is 10.5. The predicted octanol–water partition coefficient (Wildman–Crippen LogP) is 1.60. The zero-order valence-corrected chi connectivity index (χ0v) is 14.2. The molecule has 0 spiro atoms. The molecule has 1 aliphatic rings. The number of methoxy groups -OCH3 is 2. The molecule has 2 rings (SSSR count). The van der Waals surface area contributed by atoms with Gasteiger partial charge in [0.15, 0.2) is 6.29 Å². The molecule has 1 heterocycles. The number of hydrogen-bond donors (Lipinski definition) is 1. The fourth-order valence-electron chi connectivity index (χ4n) is 2.63. The minimum atomic E-state index is -1.06. The number of hydrogen-bond acceptors (Lipinski definition) is 7. The van der Waals surface area contributed by atoms with Crippen molar-refractivity contribution in [2.75, 3.05) is 27.6 Å². The Morgan fingerprint density at radius 3 is 2.60 bits per heavy atom. The lowest BCUT2D eigenvalue weighted by Gasteiger charge is -2.43. The molecule has 1 fully saturated rings. The second-order valence-electron chi connectivity index (χ2n) is 5.48. The summed E-state index contributed by atoms with van der Waals surface area (Å²) in [5.74, 6) is 0. The summed E-state index contributed by atoms with van der Waals surface area (Å²) in [5, 5.41) is 14.0. The second kappa shape index (κ2) is 10.3. The Bertz CT molecular complexity index is 554. The molecule has 0 aromatic heterocycles. The van der Waals surface area contributed by atoms with Gasteiger partial charge in [-0.1, -0.05) is 35.4 Å². The van der Waals surface area contributed by atoms with Crippen molar-refractivity contribution in [3.05, 3.63) is 46.3 Å². The van der Waals surface area contributed by atoms with Gasteiger partial charge in [-0.2, -0.15) is 0 Å². The van der Waals surface area contributed by atoms with Crippen LogP contribution in [-0.4, -0.2) is 63.4 Å². The van der Waals surface area contributed by atoms with Crippen LogP contribution in [0.4, 0.5) is 0 Å². The van der Waals surface area contributed by atoms with Crippen LogP contribution in [-0.2, 0) is 30.3 Å². The number of azide groups is 1. The van der Waals surface area contributed by atoms with Crippen molar-refractivity contribution < 1.29 is 28.8 Å². The molecule has 0 amide bonds. The molecule has 9 heteroatoms. The molecule has 9 nitrogen and oxygen atoms in total. The Kier molecular flexibility index (Phi) is 8.10. The number of rotatable bonds is 9. The van der Waals surface area contributed by atoms with Crippen LogP contribution < -0.4 is 0 Å². The first-order valence-corrected chi connectivity index (χ1v) is 7.84. The Morgan fingerprint density at radius 1 is 1.20 bits per heavy atom. The van der Waals surface area contributed by atoms with Gasteiger partial charge in [-0.3, -0.25) is 0 Å². The third-order valence-electron chi connectivity index (χ3n) is 3.84. The van der Waals surface area contributed by atoms with E-state index in [0.717, 1.165) is 5.56 Å². The maximum Gasteiger partial charge on any atom is 0.186 e. The van der Waals surface area contributed by atoms with E-state index in [1.165, 1.54) is 14.2 Å². The summed E-state index contributed by atoms with van der Waals surface area (Å²) < 4.78 is 27.5. The summed E-state index contributed by atoms with van der Waals surface area (Å²) in [4.78, 5) is 2.69. The Morgan fingerprint density at radius 2 is 1.96 bits per heavy atom. The number of ether oxygens (including phenoxy) is 5. The van der Waals surface area contributed by atoms with E-state index in [1.54, 1.807) is 0 Å². The van der Waals surface area contributed by atoms with Gasteiger partial charge in [-0.15, -0.1) is 0 Å². The van der Waals surface area contributed by atoms with Crippen molar-refractivity contribution in [2.24, 2.45) is 5.11 Å². The molecular weight excluding hydrogens is 330 g/mol. The van der Waals surface area contributed by atoms with Gasteiger partial charge in [0.2, 0.25) is 0 Å². The van der Waals surface area contributed by atoms with Crippen molar-refractivity contribution >= 4 is 0 Å². The molecule has 0 bridgehead atoms. The smallest absolute Gasteiger partial charge is 0.186 e. The average molecular weight is 353 g/mol. The van der Waals surface area contributed by atoms with Gasteiger partial charge >= 0.3 is 0 Å². The summed E-state index contributed by atoms with van der Waals surface area (Å²) in [6, 6.07) is 9.59. The zero-order valence-electron chi connectivity index (χ0n) is 14.2. The van der Waals surface area contributed by atoms with Crippen molar-refractivity contribution in [1.82, 2.24) is 0 Å². The Balaban J connectivity index is 2.12. The normalized spacial score (nSPS) is 29.2. The number of nitrogens with zero attached hydrogens (tertiary/aromatic N) is 3. The molecule has 25 heavy (non-hydrogen) atoms. The van der Waals surface area contributed by atoms with Crippen LogP contribution in [0.25, 0.3) is 10.4 Å². The highest BCUT2D eigenvalue weighted by Gasteiger charge is 2.46. The summed E-state index contributed by atoms with van der Waals surface area (Å²) >= 11 is 0. The second-order valence-corrected chi connectivity index (χ2v) is 5.48. The van der Waals surface area contributed by atoms with Crippen LogP contribution in [0.2, 0.25) is 0 Å². The molecule has 138 valence electrons. The topological polar surface area (TPSA) is 115 Å². The maximum atomic E-state index is 10.5. The monoisotopic (exact) mass is 353 g/mol. The van der Waals surface area contributed by atoms with Crippen LogP contribution >= 0.6 is 0 Å². The molecular formula is C16H23N3O6. The van der Waals surface area contributed by atoms with Gasteiger partial charge in [0.25, 0.3) is 0 Å². The fraction of sp³-hybridized carbons (Fsp3) is 0.625. The molecule has 0 saturated carbocycles. The van der Waals surface area contributed by atoms with E-state index in [9.17, 15) is 5.11 Å². The zero-order chi connectivity index (χ0) is 18.1. The van der Waals surface area contributed by atoms with E-state index in [2.05, 4.69) is 10.0 Å². The first-order valence-electron chi connectivity index (χ1n) is 7.84. The number of aliphatic hydroxyl groups is 1. The third-order valence-corrected chi connectivity index (χ3v) is 3.84. The Labute approximate surface area is 146 Å². The largest absolute Gasteiger partial charge is 0.388 e. The highest BCUT2D eigenvalue weighted by Crippen LogP contribution is 2.27. The van der Waals surface area contributed by atoms with Crippen molar-refractivity contribution in [1.29, 1.82) is 0 Å². The van der Waals surface area contributed by atoms with Crippen molar-refractivity contribution in [3.63, 3.8) is 0 Å². The van der Waals surface area contributed by atoms with E-state index in [1.807, 2.05) is 30.3 Å². The van der Waals surface area contributed by atoms with Crippen molar-refractivity contribution in [3.8, 4) is 0 Å². The van der Waals surface area contributed by atoms with Crippen molar-refractivity contribution in [2.45, 2.75) is 37.3 Å². The van der Waals surface area contributed by atoms with Crippen LogP contribution in [0.1, 0.15) is 5.56 Å². The van der Waals surface area contributed by atoms with Crippen LogP contribution in [0.5, 0.6) is 0 Å². The number of aliphatic hydroxyl groups excluding tert-OH is 1. The molecule has 1 saturated heterocycles. The summed E-state index contributed by atoms with van der Waals surface area (Å²) in [7, 11) is 2.95. The fourth-order valence-corrected chi connectivity index (χ4v) is 2.63. The molecule has 0 radical (unpaired) electrons. The minimum Gasteiger partial charge on any atom is -0.388 e. The molecule has 0 unspecified atom stereocenters. The van der Waals surface area contributed by atoms with E-state index >= 15 is 0 Å². The lowest BCUT2D eigenvalue weighted by Crippen LogP contribution is -2.60. The van der Waals surface area contributed by atoms with Crippen LogP contribution in [0.3, 0.4) is 0 Å². The van der Waals surface area contributed by atoms with Crippen LogP contribution in [0, 0.1) is 0 Å². The standard InChI is InChI=1S/C16H23N3O6/c1-21-10-24-14-13(20)12(8-18-19-17)25-16(22-2)15(14)23-9-11-6-4-3-5-7-11/h3-7,12-16,20H,8-10H2,1-2H3/t12-,13-,14+,15-,16+/m1/s1. The Hall–Kier alpha value is -1.71. The highest BCUT2D eigenvalue weighted by atomic mass is 16.7. The van der Waals surface area contributed by atoms with E-state index in [-0.39, 0.29) is 13.3 Å². The summed E-state index contributed by atoms with van der Waals surface area (Å²) in [5.41, 5.74) is 9.46. The van der Waals surface area contributed by atoms with Gasteiger partial charge in [0.1, 0.15) is 25.1 Å². The van der Waals surface area contributed by atoms with Gasteiger partial charge in [0.05, 0.1) is 19.3 Å². The van der Waals surface area contributed by atoms with Crippen LogP contribution in [0.15, 0.2) is 35.4 Å². The molecule has 1 aromatic rings. The SMILES string of the molecule is COCO[C@H]1[C@H](O)[C@@H](CN=[N+]=[N-])O[C@H](OC)[C@@H]1OCc1ccccc1. The first kappa shape index (κ1) is 19.6. The average Bonchev–Trinajstić information content (AvgIpc) is 2.65. The quantitative estimate of drug-likeness (QED) is 0.312. The molecule has 0 aliphatic carbocycles. The van der Waals surface area contributed by atoms with Gasteiger partial charge in [-0.05, 0) is 11.1 Å². The minimum absolute atomic E-state index is 0.0302. The van der Waals surface area contributed by atoms with E-state index < -0.39 is 30.7 Å². The predicted molar refractivity (Wildman–Crippen MR) is 87.5 cm³/mol. The first-order chi connectivity index (χ1) is 12.2. The highest BCUT2D eigenvalue weighted by molar-refractivity contribution is 5.13. The molecule has 5 atom stereocenters. The lowest BCUT2D eigenvalue weighted by molar-refractivity contribution is -0.313.